The van der Waals surface area contributed by atoms with Crippen LogP contribution in [0.1, 0.15) is 66.8 Å². The van der Waals surface area contributed by atoms with Crippen LogP contribution >= 0.6 is 0 Å². The number of aliphatic hydroxyl groups excluding tert-OH is 1. The van der Waals surface area contributed by atoms with Gasteiger partial charge in [0.05, 0.1) is 17.2 Å². The predicted molar refractivity (Wildman–Crippen MR) is 198 cm³/mol. The van der Waals surface area contributed by atoms with Crippen LogP contribution in [0.4, 0.5) is 0 Å². The second kappa shape index (κ2) is 15.3. The zero-order chi connectivity index (χ0) is 39.2. The molecule has 1 amide bonds. The number of primary amides is 1. The summed E-state index contributed by atoms with van der Waals surface area (Å²) in [5.74, 6) is -4.00. The van der Waals surface area contributed by atoms with Gasteiger partial charge in [0, 0.05) is 60.0 Å². The molecule has 55 heavy (non-hydrogen) atoms. The summed E-state index contributed by atoms with van der Waals surface area (Å²) in [7, 11) is 1.45. The number of aromatic nitrogens is 1. The summed E-state index contributed by atoms with van der Waals surface area (Å²) >= 11 is 0. The summed E-state index contributed by atoms with van der Waals surface area (Å²) in [6, 6.07) is 10.3. The fourth-order valence-electron chi connectivity index (χ4n) is 9.36. The van der Waals surface area contributed by atoms with Crippen LogP contribution in [0.15, 0.2) is 96.4 Å². The molecule has 3 aliphatic carbocycles. The number of allylic oxidation sites excluding steroid dienone is 3. The molecule has 1 aromatic carbocycles. The SMILES string of the molecule is CO[C@H]1CC2C=C[C@H]3[C@H]4O[C@]2(/C(C)=C/[C@@H](C)[C@@H]([C@@H](C)OC(=O)c2ccccc2C[n+]2ccc(C(N)=O)cc2)OC1=O)[C@@H]3[C@H](O)[C@@H](C)[C@H]4OC(=O)C1=CC=CC1. The van der Waals surface area contributed by atoms with Crippen molar-refractivity contribution in [1.82, 2.24) is 0 Å². The molecule has 1 unspecified atom stereocenters. The Bertz CT molecular complexity index is 1970. The number of hydrogen-bond acceptors (Lipinski definition) is 10. The second-order valence-corrected chi connectivity index (χ2v) is 15.5. The molecule has 12 nitrogen and oxygen atoms in total. The topological polar surface area (TPSA) is 165 Å². The zero-order valence-corrected chi connectivity index (χ0v) is 31.7. The number of amides is 1. The van der Waals surface area contributed by atoms with Crippen molar-refractivity contribution in [2.45, 2.75) is 89.3 Å². The number of nitrogens with two attached hydrogens (primary N) is 1. The predicted octanol–water partition coefficient (Wildman–Crippen LogP) is 3.94. The fourth-order valence-corrected chi connectivity index (χ4v) is 9.36. The molecule has 290 valence electrons. The van der Waals surface area contributed by atoms with Crippen molar-refractivity contribution < 1.29 is 52.5 Å². The Hall–Kier alpha value is -4.91. The van der Waals surface area contributed by atoms with Crippen molar-refractivity contribution in [3.8, 4) is 0 Å². The van der Waals surface area contributed by atoms with Gasteiger partial charge in [0.25, 0.3) is 0 Å². The van der Waals surface area contributed by atoms with Crippen LogP contribution < -0.4 is 10.3 Å². The molecule has 12 heteroatoms. The van der Waals surface area contributed by atoms with Crippen LogP contribution in [0.2, 0.25) is 0 Å². The van der Waals surface area contributed by atoms with Crippen LogP contribution in [-0.4, -0.2) is 78.3 Å². The number of benzene rings is 1. The third kappa shape index (κ3) is 6.96. The van der Waals surface area contributed by atoms with E-state index in [9.17, 15) is 24.3 Å². The molecule has 0 radical (unpaired) electrons. The zero-order valence-electron chi connectivity index (χ0n) is 31.7. The lowest BCUT2D eigenvalue weighted by molar-refractivity contribution is -0.688. The van der Waals surface area contributed by atoms with E-state index in [1.165, 1.54) is 7.11 Å². The van der Waals surface area contributed by atoms with Gasteiger partial charge < -0.3 is 34.5 Å². The standard InChI is InChI=1S/C43H48N2O10/c1-23-20-24(2)43-30(14-15-32-34(43)35(46)25(3)37(38(32)55-43)54-40(48)28-10-6-7-11-28)21-33(51-5)42(50)53-36(23)26(4)52-41(49)31-13-9-8-12-29(31)22-45-18-16-27(17-19-45)39(44)47/h6-10,12-20,23,25-26,30,32-38,46H,11,21-22H2,1-5H3,(H-,44,47)/p+1/b24-20+/t23-,25-,26-,30?,32-,33+,34+,35-,36+,37-,38-,43+/m1/s1. The highest BCUT2D eigenvalue weighted by atomic mass is 16.6. The minimum atomic E-state index is -1.04. The van der Waals surface area contributed by atoms with Crippen LogP contribution in [0.5, 0.6) is 0 Å². The van der Waals surface area contributed by atoms with Crippen molar-refractivity contribution >= 4 is 23.8 Å². The molecular formula is C43H49N2O10+. The molecule has 3 N–H and O–H groups in total. The van der Waals surface area contributed by atoms with Gasteiger partial charge in [-0.2, -0.15) is 0 Å². The van der Waals surface area contributed by atoms with Crippen molar-refractivity contribution in [3.05, 3.63) is 113 Å². The third-order valence-corrected chi connectivity index (χ3v) is 12.2. The number of aliphatic hydroxyl groups is 1. The van der Waals surface area contributed by atoms with E-state index in [4.69, 9.17) is 29.4 Å². The maximum atomic E-state index is 13.9. The van der Waals surface area contributed by atoms with Gasteiger partial charge in [0.2, 0.25) is 5.91 Å². The van der Waals surface area contributed by atoms with E-state index in [0.29, 0.717) is 35.2 Å². The first-order valence-corrected chi connectivity index (χ1v) is 18.9. The molecule has 4 bridgehead atoms. The number of esters is 3. The maximum Gasteiger partial charge on any atom is 0.339 e. The second-order valence-electron chi connectivity index (χ2n) is 15.5. The fraction of sp³-hybridized carbons (Fsp3) is 0.465. The summed E-state index contributed by atoms with van der Waals surface area (Å²) in [6.45, 7) is 7.78. The molecule has 12 atom stereocenters. The lowest BCUT2D eigenvalue weighted by atomic mass is 9.57. The largest absolute Gasteiger partial charge is 0.456 e. The first-order chi connectivity index (χ1) is 26.3. The number of carbonyl (C=O) groups is 4. The lowest BCUT2D eigenvalue weighted by Crippen LogP contribution is -2.57. The molecule has 1 saturated heterocycles. The maximum absolute atomic E-state index is 13.9. The van der Waals surface area contributed by atoms with Gasteiger partial charge in [-0.05, 0) is 38.3 Å². The molecule has 5 aliphatic rings. The molecule has 2 fully saturated rings. The summed E-state index contributed by atoms with van der Waals surface area (Å²) in [6.07, 6.45) is 10.8. The highest BCUT2D eigenvalue weighted by Gasteiger charge is 2.69. The molecule has 1 aromatic heterocycles. The normalized spacial score (nSPS) is 35.1. The van der Waals surface area contributed by atoms with Crippen molar-refractivity contribution in [3.63, 3.8) is 0 Å². The molecule has 1 spiro atoms. The van der Waals surface area contributed by atoms with Crippen LogP contribution in [0.25, 0.3) is 0 Å². The number of nitrogens with zero attached hydrogens (tertiary/aromatic N) is 1. The Kier molecular flexibility index (Phi) is 10.7. The quantitative estimate of drug-likeness (QED) is 0.166. The van der Waals surface area contributed by atoms with Crippen molar-refractivity contribution in [2.75, 3.05) is 7.11 Å². The van der Waals surface area contributed by atoms with Gasteiger partial charge in [-0.25, -0.2) is 19.0 Å². The number of carbonyl (C=O) groups excluding carboxylic acids is 4. The Morgan fingerprint density at radius 2 is 1.84 bits per heavy atom. The average Bonchev–Trinajstić information content (AvgIpc) is 3.77. The number of hydrogen-bond donors (Lipinski definition) is 2. The van der Waals surface area contributed by atoms with E-state index in [2.05, 4.69) is 0 Å². The average molecular weight is 754 g/mol. The molecule has 2 aliphatic heterocycles. The van der Waals surface area contributed by atoms with Crippen LogP contribution in [0, 0.1) is 29.6 Å². The number of cyclic esters (lactones) is 1. The summed E-state index contributed by atoms with van der Waals surface area (Å²) < 4.78 is 33.0. The molecule has 1 saturated carbocycles. The summed E-state index contributed by atoms with van der Waals surface area (Å²) in [4.78, 5) is 52.4. The van der Waals surface area contributed by atoms with E-state index in [1.54, 1.807) is 49.7 Å². The van der Waals surface area contributed by atoms with E-state index < -0.39 is 77.9 Å². The van der Waals surface area contributed by atoms with Gasteiger partial charge in [-0.1, -0.05) is 68.5 Å². The smallest absolute Gasteiger partial charge is 0.339 e. The molecule has 7 rings (SSSR count). The Balaban J connectivity index is 1.16. The molecule has 3 heterocycles. The summed E-state index contributed by atoms with van der Waals surface area (Å²) in [5.41, 5.74) is 7.15. The van der Waals surface area contributed by atoms with E-state index in [1.807, 2.05) is 67.9 Å². The van der Waals surface area contributed by atoms with Crippen molar-refractivity contribution in [2.24, 2.45) is 35.3 Å². The monoisotopic (exact) mass is 753 g/mol. The number of ether oxygens (including phenoxy) is 5. The lowest BCUT2D eigenvalue weighted by Gasteiger charge is -2.49. The molecule has 2 aromatic rings. The van der Waals surface area contributed by atoms with Crippen molar-refractivity contribution in [1.29, 1.82) is 0 Å². The van der Waals surface area contributed by atoms with E-state index >= 15 is 0 Å². The number of methoxy groups -OCH3 is 1. The summed E-state index contributed by atoms with van der Waals surface area (Å²) in [5, 5.41) is 12.0. The van der Waals surface area contributed by atoms with Gasteiger partial charge in [0.15, 0.2) is 25.0 Å². The first-order valence-electron chi connectivity index (χ1n) is 18.9. The van der Waals surface area contributed by atoms with Gasteiger partial charge in [-0.3, -0.25) is 4.79 Å². The highest BCUT2D eigenvalue weighted by Crippen LogP contribution is 2.61. The Morgan fingerprint density at radius 3 is 2.53 bits per heavy atom. The van der Waals surface area contributed by atoms with Gasteiger partial charge in [0.1, 0.15) is 30.0 Å². The van der Waals surface area contributed by atoms with Gasteiger partial charge in [-0.15, -0.1) is 0 Å². The van der Waals surface area contributed by atoms with Crippen LogP contribution in [-0.2, 0) is 39.8 Å². The van der Waals surface area contributed by atoms with E-state index in [0.717, 1.165) is 5.57 Å². The minimum Gasteiger partial charge on any atom is -0.456 e. The number of rotatable bonds is 9. The Morgan fingerprint density at radius 1 is 1.09 bits per heavy atom. The van der Waals surface area contributed by atoms with Gasteiger partial charge >= 0.3 is 17.9 Å². The van der Waals surface area contributed by atoms with Crippen LogP contribution in [0.3, 0.4) is 0 Å². The molecular weight excluding hydrogens is 704 g/mol. The third-order valence-electron chi connectivity index (χ3n) is 12.2. The first kappa shape index (κ1) is 38.4. The Labute approximate surface area is 320 Å². The number of pyridine rings is 1. The minimum absolute atomic E-state index is 0.206. The van der Waals surface area contributed by atoms with E-state index in [-0.39, 0.29) is 24.2 Å². The highest BCUT2D eigenvalue weighted by molar-refractivity contribution is 5.92.